The van der Waals surface area contributed by atoms with Gasteiger partial charge in [-0.15, -0.1) is 11.3 Å². The minimum absolute atomic E-state index is 0.305. The molecule has 0 amide bonds. The Balaban J connectivity index is 1.92. The lowest BCUT2D eigenvalue weighted by molar-refractivity contribution is 0.603. The van der Waals surface area contributed by atoms with Crippen LogP contribution in [0.15, 0.2) is 34.9 Å². The van der Waals surface area contributed by atoms with Crippen LogP contribution in [0.25, 0.3) is 11.2 Å². The van der Waals surface area contributed by atoms with Crippen molar-refractivity contribution in [2.45, 2.75) is 17.6 Å². The molecule has 0 aliphatic rings. The maximum absolute atomic E-state index is 12.3. The fourth-order valence-electron chi connectivity index (χ4n) is 1.78. The summed E-state index contributed by atoms with van der Waals surface area (Å²) < 4.78 is 27.3. The van der Waals surface area contributed by atoms with Crippen LogP contribution in [-0.2, 0) is 16.4 Å². The molecule has 0 bridgehead atoms. The summed E-state index contributed by atoms with van der Waals surface area (Å²) in [6.45, 7) is 1.99. The first-order chi connectivity index (χ1) is 9.58. The minimum Gasteiger partial charge on any atom is -0.343 e. The van der Waals surface area contributed by atoms with Crippen LogP contribution in [0.3, 0.4) is 0 Å². The van der Waals surface area contributed by atoms with Crippen LogP contribution in [-0.4, -0.2) is 23.4 Å². The number of aromatic amines is 1. The number of hydrogen-bond acceptors (Lipinski definition) is 5. The zero-order valence-corrected chi connectivity index (χ0v) is 12.3. The number of fused-ring (bicyclic) bond motifs is 1. The van der Waals surface area contributed by atoms with Crippen LogP contribution in [0, 0.1) is 0 Å². The van der Waals surface area contributed by atoms with Gasteiger partial charge in [0, 0.05) is 4.88 Å². The largest absolute Gasteiger partial charge is 0.343 e. The molecule has 104 valence electrons. The first kappa shape index (κ1) is 13.1. The van der Waals surface area contributed by atoms with Gasteiger partial charge in [0.1, 0.15) is 4.21 Å². The summed E-state index contributed by atoms with van der Waals surface area (Å²) in [4.78, 5) is 12.0. The first-order valence-electron chi connectivity index (χ1n) is 5.99. The highest BCUT2D eigenvalue weighted by Gasteiger charge is 2.17. The molecule has 6 nitrogen and oxygen atoms in total. The fraction of sp³-hybridized carbons (Fsp3) is 0.167. The second kappa shape index (κ2) is 4.88. The molecule has 8 heteroatoms. The summed E-state index contributed by atoms with van der Waals surface area (Å²) >= 11 is 1.27. The quantitative estimate of drug-likeness (QED) is 0.774. The number of pyridine rings is 1. The van der Waals surface area contributed by atoms with E-state index in [9.17, 15) is 8.42 Å². The van der Waals surface area contributed by atoms with Gasteiger partial charge in [0.15, 0.2) is 5.65 Å². The molecular weight excluding hydrogens is 296 g/mol. The minimum atomic E-state index is -3.56. The Labute approximate surface area is 119 Å². The molecule has 20 heavy (non-hydrogen) atoms. The number of hydrogen-bond donors (Lipinski definition) is 2. The van der Waals surface area contributed by atoms with Gasteiger partial charge in [0.25, 0.3) is 10.0 Å². The predicted octanol–water partition coefficient (Wildman–Crippen LogP) is 2.38. The highest BCUT2D eigenvalue weighted by Crippen LogP contribution is 2.24. The molecular formula is C12H12N4O2S2. The van der Waals surface area contributed by atoms with Gasteiger partial charge in [-0.2, -0.15) is 0 Å². The second-order valence-corrected chi connectivity index (χ2v) is 7.26. The molecule has 0 fully saturated rings. The highest BCUT2D eigenvalue weighted by atomic mass is 32.2. The van der Waals surface area contributed by atoms with Crippen molar-refractivity contribution in [2.24, 2.45) is 0 Å². The van der Waals surface area contributed by atoms with Crippen molar-refractivity contribution in [1.29, 1.82) is 0 Å². The number of H-pyrrole nitrogens is 1. The number of anilines is 1. The molecule has 0 aromatic carbocycles. The van der Waals surface area contributed by atoms with Crippen LogP contribution < -0.4 is 4.72 Å². The molecule has 3 rings (SSSR count). The maximum atomic E-state index is 12.3. The molecule has 0 saturated carbocycles. The number of aromatic nitrogens is 3. The van der Waals surface area contributed by atoms with E-state index in [4.69, 9.17) is 0 Å². The summed E-state index contributed by atoms with van der Waals surface area (Å²) in [7, 11) is -3.56. The number of aryl methyl sites for hydroxylation is 1. The van der Waals surface area contributed by atoms with Crippen molar-refractivity contribution >= 4 is 38.2 Å². The van der Waals surface area contributed by atoms with Gasteiger partial charge < -0.3 is 4.98 Å². The molecule has 0 aliphatic carbocycles. The molecule has 3 aromatic heterocycles. The topological polar surface area (TPSA) is 87.7 Å². The number of nitrogens with one attached hydrogen (secondary N) is 2. The maximum Gasteiger partial charge on any atom is 0.271 e. The summed E-state index contributed by atoms with van der Waals surface area (Å²) in [5.41, 5.74) is 1.65. The number of sulfonamides is 1. The Kier molecular flexibility index (Phi) is 3.19. The molecule has 0 aliphatic heterocycles. The predicted molar refractivity (Wildman–Crippen MR) is 78.4 cm³/mol. The molecule has 0 unspecified atom stereocenters. The van der Waals surface area contributed by atoms with Crippen LogP contribution in [0.5, 0.6) is 0 Å². The SMILES string of the molecule is CCc1ccc(S(=O)(=O)Nc2cnc3nc[nH]c3c2)s1. The monoisotopic (exact) mass is 308 g/mol. The van der Waals surface area contributed by atoms with E-state index in [1.54, 1.807) is 12.1 Å². The lowest BCUT2D eigenvalue weighted by atomic mass is 10.4. The lowest BCUT2D eigenvalue weighted by Gasteiger charge is -2.05. The van der Waals surface area contributed by atoms with E-state index in [2.05, 4.69) is 19.7 Å². The van der Waals surface area contributed by atoms with Gasteiger partial charge in [-0.3, -0.25) is 4.72 Å². The molecule has 2 N–H and O–H groups in total. The average Bonchev–Trinajstić information content (AvgIpc) is 3.06. The Morgan fingerprint density at radius 3 is 2.95 bits per heavy atom. The summed E-state index contributed by atoms with van der Waals surface area (Å²) in [5, 5.41) is 0. The number of rotatable bonds is 4. The van der Waals surface area contributed by atoms with Crippen LogP contribution in [0.1, 0.15) is 11.8 Å². The Morgan fingerprint density at radius 1 is 1.35 bits per heavy atom. The van der Waals surface area contributed by atoms with Crippen molar-refractivity contribution in [3.8, 4) is 0 Å². The van der Waals surface area contributed by atoms with Gasteiger partial charge in [-0.05, 0) is 24.6 Å². The van der Waals surface area contributed by atoms with Crippen LogP contribution in [0.4, 0.5) is 5.69 Å². The second-order valence-electron chi connectivity index (χ2n) is 4.18. The molecule has 0 saturated heterocycles. The van der Waals surface area contributed by atoms with E-state index < -0.39 is 10.0 Å². The smallest absolute Gasteiger partial charge is 0.271 e. The highest BCUT2D eigenvalue weighted by molar-refractivity contribution is 7.94. The first-order valence-corrected chi connectivity index (χ1v) is 8.29. The van der Waals surface area contributed by atoms with Gasteiger partial charge in [0.05, 0.1) is 23.7 Å². The molecule has 3 heterocycles. The van der Waals surface area contributed by atoms with E-state index in [0.717, 1.165) is 11.3 Å². The number of nitrogens with zero attached hydrogens (tertiary/aromatic N) is 2. The van der Waals surface area contributed by atoms with Crippen LogP contribution >= 0.6 is 11.3 Å². The van der Waals surface area contributed by atoms with E-state index in [0.29, 0.717) is 21.1 Å². The van der Waals surface area contributed by atoms with Crippen molar-refractivity contribution < 1.29 is 8.42 Å². The van der Waals surface area contributed by atoms with Crippen molar-refractivity contribution in [3.05, 3.63) is 35.6 Å². The van der Waals surface area contributed by atoms with Crippen molar-refractivity contribution in [3.63, 3.8) is 0 Å². The summed E-state index contributed by atoms with van der Waals surface area (Å²) in [5.74, 6) is 0. The third-order valence-corrected chi connectivity index (χ3v) is 5.88. The van der Waals surface area contributed by atoms with Gasteiger partial charge in [-0.25, -0.2) is 18.4 Å². The third kappa shape index (κ3) is 2.39. The standard InChI is InChI=1S/C12H12N4O2S2/c1-2-9-3-4-11(19-9)20(17,18)16-8-5-10-12(13-6-8)15-7-14-10/h3-7,16H,2H2,1H3,(H,13,14,15). The average molecular weight is 308 g/mol. The zero-order chi connectivity index (χ0) is 14.2. The lowest BCUT2D eigenvalue weighted by Crippen LogP contribution is -2.11. The van der Waals surface area contributed by atoms with Crippen molar-refractivity contribution in [1.82, 2.24) is 15.0 Å². The molecule has 0 radical (unpaired) electrons. The van der Waals surface area contributed by atoms with E-state index in [-0.39, 0.29) is 0 Å². The van der Waals surface area contributed by atoms with Gasteiger partial charge in [0.2, 0.25) is 0 Å². The fourth-order valence-corrected chi connectivity index (χ4v) is 4.11. The zero-order valence-electron chi connectivity index (χ0n) is 10.6. The molecule has 0 atom stereocenters. The Bertz CT molecular complexity index is 851. The Hall–Kier alpha value is -1.93. The summed E-state index contributed by atoms with van der Waals surface area (Å²) in [6, 6.07) is 5.12. The number of thiophene rings is 1. The molecule has 3 aromatic rings. The van der Waals surface area contributed by atoms with Crippen molar-refractivity contribution in [2.75, 3.05) is 4.72 Å². The summed E-state index contributed by atoms with van der Waals surface area (Å²) in [6.07, 6.45) is 3.79. The third-order valence-electron chi connectivity index (χ3n) is 2.78. The van der Waals surface area contributed by atoms with E-state index in [1.807, 2.05) is 13.0 Å². The Morgan fingerprint density at radius 2 is 2.20 bits per heavy atom. The van der Waals surface area contributed by atoms with E-state index in [1.165, 1.54) is 23.9 Å². The normalized spacial score (nSPS) is 11.8. The molecule has 0 spiro atoms. The number of imidazole rings is 1. The van der Waals surface area contributed by atoms with E-state index >= 15 is 0 Å². The van der Waals surface area contributed by atoms with Gasteiger partial charge >= 0.3 is 0 Å². The van der Waals surface area contributed by atoms with Crippen LogP contribution in [0.2, 0.25) is 0 Å². The van der Waals surface area contributed by atoms with Gasteiger partial charge in [-0.1, -0.05) is 6.92 Å².